The normalized spacial score (nSPS) is 36.1. The standard InChI is InChI=1S/C28H36ClN3O5/c1-16-6-4-7-20(17(16)2)31-26(34)24-28-13-12-21(37-28)22(23(28)27(35)32(24)14-5-15-36-3)25(33)30-19-10-8-18(29)9-11-19/h8-13,16-17,20-24H,4-7,14-15H2,1-3H3,(H,30,33)(H,31,34)/t16-,17-,20-,21-,22-,23-,24+,28+/m1/s1. The van der Waals surface area contributed by atoms with Crippen LogP contribution in [0.5, 0.6) is 0 Å². The Morgan fingerprint density at radius 2 is 1.95 bits per heavy atom. The van der Waals surface area contributed by atoms with Crippen LogP contribution >= 0.6 is 11.6 Å². The van der Waals surface area contributed by atoms with Crippen LogP contribution in [0.4, 0.5) is 5.69 Å². The predicted molar refractivity (Wildman–Crippen MR) is 140 cm³/mol. The zero-order valence-corrected chi connectivity index (χ0v) is 22.4. The summed E-state index contributed by atoms with van der Waals surface area (Å²) in [6.07, 6.45) is 6.84. The maximum absolute atomic E-state index is 13.9. The largest absolute Gasteiger partial charge is 0.385 e. The van der Waals surface area contributed by atoms with Gasteiger partial charge >= 0.3 is 0 Å². The molecular weight excluding hydrogens is 494 g/mol. The molecule has 37 heavy (non-hydrogen) atoms. The highest BCUT2D eigenvalue weighted by Crippen LogP contribution is 2.55. The fraction of sp³-hybridized carbons (Fsp3) is 0.607. The Bertz CT molecular complexity index is 1080. The number of nitrogens with one attached hydrogen (secondary N) is 2. The molecule has 2 N–H and O–H groups in total. The van der Waals surface area contributed by atoms with Gasteiger partial charge in [-0.05, 0) is 48.9 Å². The van der Waals surface area contributed by atoms with Crippen molar-refractivity contribution in [2.45, 2.75) is 63.3 Å². The summed E-state index contributed by atoms with van der Waals surface area (Å²) >= 11 is 5.98. The van der Waals surface area contributed by atoms with Gasteiger partial charge in [0.2, 0.25) is 17.7 Å². The second-order valence-electron chi connectivity index (χ2n) is 11.0. The van der Waals surface area contributed by atoms with Crippen molar-refractivity contribution in [2.75, 3.05) is 25.6 Å². The molecule has 5 rings (SSSR count). The number of hydrogen-bond acceptors (Lipinski definition) is 5. The van der Waals surface area contributed by atoms with E-state index in [2.05, 4.69) is 24.5 Å². The second-order valence-corrected chi connectivity index (χ2v) is 11.4. The summed E-state index contributed by atoms with van der Waals surface area (Å²) < 4.78 is 11.6. The number of carbonyl (C=O) groups excluding carboxylic acids is 3. The fourth-order valence-corrected chi connectivity index (χ4v) is 6.82. The molecule has 9 heteroatoms. The lowest BCUT2D eigenvalue weighted by atomic mass is 9.73. The number of likely N-dealkylation sites (tertiary alicyclic amines) is 1. The summed E-state index contributed by atoms with van der Waals surface area (Å²) in [6.45, 7) is 5.22. The molecule has 3 aliphatic heterocycles. The van der Waals surface area contributed by atoms with Gasteiger partial charge in [0, 0.05) is 37.0 Å². The average Bonchev–Trinajstić information content (AvgIpc) is 3.51. The third kappa shape index (κ3) is 4.57. The SMILES string of the molecule is COCCCN1C(=O)[C@H]2[C@H](C(=O)Nc3ccc(Cl)cc3)[C@H]3C=C[C@@]2(O3)[C@@H]1C(=O)N[C@@H]1CCC[C@@H](C)[C@H]1C. The summed E-state index contributed by atoms with van der Waals surface area (Å²) in [7, 11) is 1.61. The smallest absolute Gasteiger partial charge is 0.246 e. The Morgan fingerprint density at radius 3 is 2.68 bits per heavy atom. The highest BCUT2D eigenvalue weighted by atomic mass is 35.5. The summed E-state index contributed by atoms with van der Waals surface area (Å²) in [4.78, 5) is 42.9. The Balaban J connectivity index is 1.42. The van der Waals surface area contributed by atoms with E-state index in [9.17, 15) is 14.4 Å². The number of halogens is 1. The number of ether oxygens (including phenoxy) is 2. The van der Waals surface area contributed by atoms with E-state index in [1.807, 2.05) is 12.2 Å². The topological polar surface area (TPSA) is 97.0 Å². The third-order valence-corrected chi connectivity index (χ3v) is 9.07. The summed E-state index contributed by atoms with van der Waals surface area (Å²) in [6, 6.07) is 6.05. The molecule has 200 valence electrons. The molecule has 2 bridgehead atoms. The first-order chi connectivity index (χ1) is 17.8. The molecule has 0 radical (unpaired) electrons. The summed E-state index contributed by atoms with van der Waals surface area (Å²) in [5.74, 6) is -1.36. The van der Waals surface area contributed by atoms with Gasteiger partial charge in [0.05, 0.1) is 17.9 Å². The van der Waals surface area contributed by atoms with E-state index in [-0.39, 0.29) is 23.8 Å². The van der Waals surface area contributed by atoms with Crippen molar-refractivity contribution in [3.63, 3.8) is 0 Å². The molecule has 8 nitrogen and oxygen atoms in total. The minimum Gasteiger partial charge on any atom is -0.385 e. The first kappa shape index (κ1) is 26.2. The highest BCUT2D eigenvalue weighted by molar-refractivity contribution is 6.30. The van der Waals surface area contributed by atoms with Crippen molar-refractivity contribution in [3.8, 4) is 0 Å². The van der Waals surface area contributed by atoms with E-state index in [0.717, 1.165) is 19.3 Å². The fourth-order valence-electron chi connectivity index (χ4n) is 6.69. The quantitative estimate of drug-likeness (QED) is 0.397. The second kappa shape index (κ2) is 10.4. The van der Waals surface area contributed by atoms with E-state index < -0.39 is 29.6 Å². The molecule has 3 amide bonds. The third-order valence-electron chi connectivity index (χ3n) is 8.82. The molecular formula is C28H36ClN3O5. The predicted octanol–water partition coefficient (Wildman–Crippen LogP) is 3.41. The lowest BCUT2D eigenvalue weighted by Gasteiger charge is -2.38. The van der Waals surface area contributed by atoms with Gasteiger partial charge in [0.15, 0.2) is 0 Å². The van der Waals surface area contributed by atoms with E-state index >= 15 is 0 Å². The number of hydrogen-bond donors (Lipinski definition) is 2. The number of nitrogens with zero attached hydrogens (tertiary/aromatic N) is 1. The minimum absolute atomic E-state index is 0.0502. The van der Waals surface area contributed by atoms with Gasteiger partial charge in [-0.25, -0.2) is 0 Å². The Kier molecular flexibility index (Phi) is 7.35. The first-order valence-corrected chi connectivity index (χ1v) is 13.7. The first-order valence-electron chi connectivity index (χ1n) is 13.3. The van der Waals surface area contributed by atoms with Crippen LogP contribution in [0.15, 0.2) is 36.4 Å². The van der Waals surface area contributed by atoms with E-state index in [1.165, 1.54) is 0 Å². The molecule has 0 unspecified atom stereocenters. The van der Waals surface area contributed by atoms with Gasteiger partial charge in [-0.2, -0.15) is 0 Å². The van der Waals surface area contributed by atoms with E-state index in [4.69, 9.17) is 21.1 Å². The van der Waals surface area contributed by atoms with Crippen LogP contribution in [0.2, 0.25) is 5.02 Å². The van der Waals surface area contributed by atoms with Crippen LogP contribution in [0.1, 0.15) is 39.5 Å². The maximum atomic E-state index is 13.9. The number of anilines is 1. The zero-order chi connectivity index (χ0) is 26.3. The Hall–Kier alpha value is -2.42. The lowest BCUT2D eigenvalue weighted by Crippen LogP contribution is -2.58. The van der Waals surface area contributed by atoms with Crippen LogP contribution < -0.4 is 10.6 Å². The molecule has 4 aliphatic rings. The molecule has 1 aromatic carbocycles. The van der Waals surface area contributed by atoms with Crippen molar-refractivity contribution >= 4 is 35.0 Å². The molecule has 1 aliphatic carbocycles. The van der Waals surface area contributed by atoms with Gasteiger partial charge in [0.1, 0.15) is 11.6 Å². The van der Waals surface area contributed by atoms with Gasteiger partial charge in [-0.15, -0.1) is 0 Å². The van der Waals surface area contributed by atoms with E-state index in [0.29, 0.717) is 42.1 Å². The maximum Gasteiger partial charge on any atom is 0.246 e. The van der Waals surface area contributed by atoms with Gasteiger partial charge in [-0.3, -0.25) is 14.4 Å². The molecule has 8 atom stereocenters. The number of rotatable bonds is 8. The Morgan fingerprint density at radius 1 is 1.19 bits per heavy atom. The van der Waals surface area contributed by atoms with Gasteiger partial charge in [-0.1, -0.05) is 50.4 Å². The Labute approximate surface area is 223 Å². The van der Waals surface area contributed by atoms with Crippen molar-refractivity contribution < 1.29 is 23.9 Å². The zero-order valence-electron chi connectivity index (χ0n) is 21.6. The molecule has 1 saturated carbocycles. The van der Waals surface area contributed by atoms with Crippen molar-refractivity contribution in [2.24, 2.45) is 23.7 Å². The molecule has 1 spiro atoms. The monoisotopic (exact) mass is 529 g/mol. The summed E-state index contributed by atoms with van der Waals surface area (Å²) in [5.41, 5.74) is -0.572. The van der Waals surface area contributed by atoms with Crippen LogP contribution in [0, 0.1) is 23.7 Å². The van der Waals surface area contributed by atoms with E-state index in [1.54, 1.807) is 36.3 Å². The van der Waals surface area contributed by atoms with Crippen molar-refractivity contribution in [1.82, 2.24) is 10.2 Å². The van der Waals surface area contributed by atoms with Crippen LogP contribution in [-0.2, 0) is 23.9 Å². The number of fused-ring (bicyclic) bond motifs is 1. The molecule has 0 aromatic heterocycles. The highest BCUT2D eigenvalue weighted by Gasteiger charge is 2.72. The molecule has 1 aromatic rings. The van der Waals surface area contributed by atoms with Crippen LogP contribution in [0.25, 0.3) is 0 Å². The van der Waals surface area contributed by atoms with Crippen LogP contribution in [0.3, 0.4) is 0 Å². The lowest BCUT2D eigenvalue weighted by molar-refractivity contribution is -0.141. The molecule has 2 saturated heterocycles. The number of methoxy groups -OCH3 is 1. The van der Waals surface area contributed by atoms with Gasteiger partial charge < -0.3 is 25.0 Å². The van der Waals surface area contributed by atoms with Crippen LogP contribution in [-0.4, -0.2) is 66.7 Å². The number of amides is 3. The molecule has 3 heterocycles. The molecule has 3 fully saturated rings. The van der Waals surface area contributed by atoms with Crippen molar-refractivity contribution in [3.05, 3.63) is 41.4 Å². The number of benzene rings is 1. The van der Waals surface area contributed by atoms with Crippen molar-refractivity contribution in [1.29, 1.82) is 0 Å². The summed E-state index contributed by atoms with van der Waals surface area (Å²) in [5, 5.41) is 6.75. The minimum atomic E-state index is -1.16. The number of carbonyl (C=O) groups is 3. The van der Waals surface area contributed by atoms with Gasteiger partial charge in [0.25, 0.3) is 0 Å². The average molecular weight is 530 g/mol.